The average molecular weight is 488 g/mol. The zero-order chi connectivity index (χ0) is 25.3. The molecule has 1 heterocycles. The third-order valence-corrected chi connectivity index (χ3v) is 6.93. The van der Waals surface area contributed by atoms with E-state index in [1.165, 1.54) is 11.3 Å². The van der Waals surface area contributed by atoms with Gasteiger partial charge in [0.15, 0.2) is 11.5 Å². The lowest BCUT2D eigenvalue weighted by molar-refractivity contribution is 0.0940. The number of methoxy groups -OCH3 is 2. The summed E-state index contributed by atoms with van der Waals surface area (Å²) in [6.07, 6.45) is 3.15. The lowest BCUT2D eigenvalue weighted by Crippen LogP contribution is -2.43. The van der Waals surface area contributed by atoms with Crippen LogP contribution in [0.25, 0.3) is 0 Å². The van der Waals surface area contributed by atoms with Gasteiger partial charge in [0, 0.05) is 30.4 Å². The fourth-order valence-corrected chi connectivity index (χ4v) is 4.73. The highest BCUT2D eigenvalue weighted by Crippen LogP contribution is 2.27. The Bertz CT molecular complexity index is 1110. The number of hydrogen-bond acceptors (Lipinski definition) is 5. The van der Waals surface area contributed by atoms with E-state index in [0.29, 0.717) is 11.6 Å². The monoisotopic (exact) mass is 487 g/mol. The van der Waals surface area contributed by atoms with Crippen molar-refractivity contribution in [3.05, 3.63) is 89.5 Å². The first-order valence-electron chi connectivity index (χ1n) is 12.7. The fraction of sp³-hybridized carbons (Fsp3) is 0.367. The predicted molar refractivity (Wildman–Crippen MR) is 145 cm³/mol. The second-order valence-electron chi connectivity index (χ2n) is 9.31. The van der Waals surface area contributed by atoms with Crippen LogP contribution in [0.3, 0.4) is 0 Å². The zero-order valence-electron chi connectivity index (χ0n) is 21.5. The maximum atomic E-state index is 12.7. The SMILES string of the molecule is COc1ccc(CCNC2CCN(c3ccc(C(=O)N[C@@H](C)c4ccccc4)cc3)CC2)cc1OC. The average Bonchev–Trinajstić information content (AvgIpc) is 2.94. The van der Waals surface area contributed by atoms with E-state index in [1.54, 1.807) is 14.2 Å². The number of ether oxygens (including phenoxy) is 2. The van der Waals surface area contributed by atoms with Gasteiger partial charge in [-0.1, -0.05) is 36.4 Å². The summed E-state index contributed by atoms with van der Waals surface area (Å²) in [5, 5.41) is 6.80. The minimum atomic E-state index is -0.0460. The molecule has 3 aromatic rings. The van der Waals surface area contributed by atoms with Crippen LogP contribution in [-0.2, 0) is 6.42 Å². The van der Waals surface area contributed by atoms with Crippen molar-refractivity contribution in [2.45, 2.75) is 38.3 Å². The van der Waals surface area contributed by atoms with Gasteiger partial charge in [-0.2, -0.15) is 0 Å². The molecule has 1 aliphatic heterocycles. The molecule has 0 bridgehead atoms. The highest BCUT2D eigenvalue weighted by molar-refractivity contribution is 5.94. The summed E-state index contributed by atoms with van der Waals surface area (Å²) >= 11 is 0. The van der Waals surface area contributed by atoms with Gasteiger partial charge in [-0.25, -0.2) is 0 Å². The van der Waals surface area contributed by atoms with Gasteiger partial charge in [-0.3, -0.25) is 4.79 Å². The Hall–Kier alpha value is -3.51. The first kappa shape index (κ1) is 25.6. The van der Waals surface area contributed by atoms with Gasteiger partial charge in [-0.15, -0.1) is 0 Å². The van der Waals surface area contributed by atoms with E-state index in [9.17, 15) is 4.79 Å². The number of rotatable bonds is 10. The molecular weight excluding hydrogens is 450 g/mol. The molecule has 0 radical (unpaired) electrons. The molecule has 1 fully saturated rings. The number of nitrogens with one attached hydrogen (secondary N) is 2. The largest absolute Gasteiger partial charge is 0.493 e. The van der Waals surface area contributed by atoms with Crippen LogP contribution in [0.5, 0.6) is 11.5 Å². The van der Waals surface area contributed by atoms with Crippen LogP contribution < -0.4 is 25.0 Å². The smallest absolute Gasteiger partial charge is 0.251 e. The van der Waals surface area contributed by atoms with Crippen LogP contribution in [0, 0.1) is 0 Å². The minimum absolute atomic E-state index is 0.0309. The van der Waals surface area contributed by atoms with Crippen molar-refractivity contribution in [3.63, 3.8) is 0 Å². The van der Waals surface area contributed by atoms with Crippen molar-refractivity contribution in [2.24, 2.45) is 0 Å². The maximum absolute atomic E-state index is 12.7. The van der Waals surface area contributed by atoms with Gasteiger partial charge in [-0.05, 0) is 80.3 Å². The standard InChI is InChI=1S/C30H37N3O3/c1-22(24-7-5-4-6-8-24)32-30(34)25-10-12-27(13-11-25)33-19-16-26(17-20-33)31-18-15-23-9-14-28(35-2)29(21-23)36-3/h4-14,21-22,26,31H,15-20H2,1-3H3,(H,32,34)/t22-/m0/s1. The summed E-state index contributed by atoms with van der Waals surface area (Å²) in [6, 6.07) is 24.6. The fourth-order valence-electron chi connectivity index (χ4n) is 4.73. The lowest BCUT2D eigenvalue weighted by Gasteiger charge is -2.34. The van der Waals surface area contributed by atoms with Crippen molar-refractivity contribution in [3.8, 4) is 11.5 Å². The van der Waals surface area contributed by atoms with Crippen LogP contribution in [0.1, 0.15) is 47.3 Å². The summed E-state index contributed by atoms with van der Waals surface area (Å²) in [5.41, 5.74) is 4.20. The third-order valence-electron chi connectivity index (χ3n) is 6.93. The molecule has 190 valence electrons. The molecule has 1 amide bonds. The van der Waals surface area contributed by atoms with E-state index in [4.69, 9.17) is 9.47 Å². The van der Waals surface area contributed by atoms with Crippen LogP contribution in [0.2, 0.25) is 0 Å². The van der Waals surface area contributed by atoms with Gasteiger partial charge in [0.05, 0.1) is 20.3 Å². The van der Waals surface area contributed by atoms with Crippen LogP contribution >= 0.6 is 0 Å². The van der Waals surface area contributed by atoms with Gasteiger partial charge >= 0.3 is 0 Å². The summed E-state index contributed by atoms with van der Waals surface area (Å²) in [4.78, 5) is 15.1. The molecule has 3 aromatic carbocycles. The molecule has 0 unspecified atom stereocenters. The summed E-state index contributed by atoms with van der Waals surface area (Å²) in [7, 11) is 3.33. The number of anilines is 1. The number of piperidine rings is 1. The molecule has 0 spiro atoms. The van der Waals surface area contributed by atoms with E-state index in [0.717, 1.165) is 56.0 Å². The topological polar surface area (TPSA) is 62.8 Å². The number of benzene rings is 3. The van der Waals surface area contributed by atoms with Gasteiger partial charge in [0.1, 0.15) is 0 Å². The lowest BCUT2D eigenvalue weighted by atomic mass is 10.0. The van der Waals surface area contributed by atoms with E-state index < -0.39 is 0 Å². The number of carbonyl (C=O) groups is 1. The quantitative estimate of drug-likeness (QED) is 0.422. The molecule has 0 saturated carbocycles. The third kappa shape index (κ3) is 6.58. The molecule has 6 heteroatoms. The summed E-state index contributed by atoms with van der Waals surface area (Å²) < 4.78 is 10.7. The first-order valence-corrected chi connectivity index (χ1v) is 12.7. The van der Waals surface area contributed by atoms with Gasteiger partial charge < -0.3 is 25.0 Å². The molecule has 1 atom stereocenters. The zero-order valence-corrected chi connectivity index (χ0v) is 21.5. The Morgan fingerprint density at radius 2 is 1.64 bits per heavy atom. The van der Waals surface area contributed by atoms with Crippen molar-refractivity contribution in [1.29, 1.82) is 0 Å². The van der Waals surface area contributed by atoms with Crippen molar-refractivity contribution in [1.82, 2.24) is 10.6 Å². The highest BCUT2D eigenvalue weighted by Gasteiger charge is 2.19. The number of amides is 1. The molecule has 0 aromatic heterocycles. The Kier molecular flexibility index (Phi) is 8.85. The molecule has 2 N–H and O–H groups in total. The Labute approximate surface area is 214 Å². The molecular formula is C30H37N3O3. The maximum Gasteiger partial charge on any atom is 0.251 e. The van der Waals surface area contributed by atoms with E-state index in [1.807, 2.05) is 55.5 Å². The number of carbonyl (C=O) groups excluding carboxylic acids is 1. The second-order valence-corrected chi connectivity index (χ2v) is 9.31. The molecule has 0 aliphatic carbocycles. The normalized spacial score (nSPS) is 14.8. The Balaban J connectivity index is 1.21. The van der Waals surface area contributed by atoms with E-state index in [2.05, 4.69) is 39.8 Å². The number of nitrogens with zero attached hydrogens (tertiary/aromatic N) is 1. The van der Waals surface area contributed by atoms with Gasteiger partial charge in [0.2, 0.25) is 0 Å². The van der Waals surface area contributed by atoms with Gasteiger partial charge in [0.25, 0.3) is 5.91 Å². The van der Waals surface area contributed by atoms with Crippen LogP contribution in [-0.4, -0.2) is 45.8 Å². The molecule has 36 heavy (non-hydrogen) atoms. The highest BCUT2D eigenvalue weighted by atomic mass is 16.5. The number of hydrogen-bond donors (Lipinski definition) is 2. The Morgan fingerprint density at radius 3 is 2.31 bits per heavy atom. The van der Waals surface area contributed by atoms with Crippen LogP contribution in [0.15, 0.2) is 72.8 Å². The summed E-state index contributed by atoms with van der Waals surface area (Å²) in [6.45, 7) is 4.95. The molecule has 1 aliphatic rings. The predicted octanol–water partition coefficient (Wildman–Crippen LogP) is 5.00. The molecule has 4 rings (SSSR count). The van der Waals surface area contributed by atoms with E-state index in [-0.39, 0.29) is 11.9 Å². The molecule has 1 saturated heterocycles. The first-order chi connectivity index (χ1) is 17.6. The van der Waals surface area contributed by atoms with Crippen molar-refractivity contribution >= 4 is 11.6 Å². The van der Waals surface area contributed by atoms with Crippen molar-refractivity contribution < 1.29 is 14.3 Å². The minimum Gasteiger partial charge on any atom is -0.493 e. The van der Waals surface area contributed by atoms with Crippen molar-refractivity contribution in [2.75, 3.05) is 38.8 Å². The Morgan fingerprint density at radius 1 is 0.944 bits per heavy atom. The van der Waals surface area contributed by atoms with Crippen LogP contribution in [0.4, 0.5) is 5.69 Å². The van der Waals surface area contributed by atoms with E-state index >= 15 is 0 Å². The summed E-state index contributed by atoms with van der Waals surface area (Å²) in [5.74, 6) is 1.49. The second kappa shape index (κ2) is 12.5. The molecule has 6 nitrogen and oxygen atoms in total.